The number of carboxylic acid groups (broad SMARTS) is 3. The lowest BCUT2D eigenvalue weighted by atomic mass is 9.95. The van der Waals surface area contributed by atoms with Gasteiger partial charge in [0.05, 0.1) is 56.7 Å². The monoisotopic (exact) mass is 1830 g/mol. The van der Waals surface area contributed by atoms with E-state index in [1.54, 1.807) is 63.3 Å². The van der Waals surface area contributed by atoms with Crippen molar-refractivity contribution in [3.8, 4) is 0 Å². The second-order valence-electron chi connectivity index (χ2n) is 27.9. The topological polar surface area (TPSA) is 312 Å². The Balaban J connectivity index is 0.000000184. The maximum absolute atomic E-state index is 14.6. The van der Waals surface area contributed by atoms with Crippen molar-refractivity contribution in [2.24, 2.45) is 15.0 Å². The highest BCUT2D eigenvalue weighted by Gasteiger charge is 2.49. The van der Waals surface area contributed by atoms with E-state index in [4.69, 9.17) is 51.1 Å². The number of benzene rings is 3. The number of unbranched alkanes of at least 4 members (excludes halogenated alkanes) is 3. The molecule has 3 aromatic heterocycles. The molecule has 0 amide bonds. The van der Waals surface area contributed by atoms with E-state index >= 15 is 0 Å². The summed E-state index contributed by atoms with van der Waals surface area (Å²) in [6.07, 6.45) is 7.39. The highest BCUT2D eigenvalue weighted by Crippen LogP contribution is 2.45. The quantitative estimate of drug-likeness (QED) is 0.00989. The first kappa shape index (κ1) is 89.8. The molecule has 6 aromatic rings. The summed E-state index contributed by atoms with van der Waals surface area (Å²) in [6.45, 7) is 1.83. The van der Waals surface area contributed by atoms with E-state index in [0.717, 1.165) is 6.07 Å². The average molecular weight is 1830 g/mol. The number of carboxylic acids is 3. The molecule has 39 heteroatoms. The van der Waals surface area contributed by atoms with Crippen LogP contribution in [0.1, 0.15) is 160 Å². The zero-order valence-corrected chi connectivity index (χ0v) is 69.1. The summed E-state index contributed by atoms with van der Waals surface area (Å²) in [5.41, 5.74) is 2.71. The number of nitrogens with one attached hydrogen (secondary N) is 3. The number of methoxy groups -OCH3 is 1. The molecule has 9 heterocycles. The maximum Gasteiger partial charge on any atom is 0.338 e. The molecule has 3 fully saturated rings. The summed E-state index contributed by atoms with van der Waals surface area (Å²) >= 11 is 17.0. The molecule has 624 valence electrons. The summed E-state index contributed by atoms with van der Waals surface area (Å²) in [7, 11) is 1.22. The Morgan fingerprint density at radius 1 is 0.491 bits per heavy atom. The maximum atomic E-state index is 14.6. The van der Waals surface area contributed by atoms with Crippen molar-refractivity contribution in [1.82, 2.24) is 45.6 Å². The standard InChI is InChI=1S/C26H28BrF3N4O4S.C26H28ClF3N4O4S.C25H26BrF3N4O4S/c2*1-2-38-25(37)21-19(13-34-14-26(29,30)12-16(34)5-3-4-6-20(35)36)32-23(24-31-9-10-39-24)33-22(21)17-8-7-15(28)11-18(17)27;1-37-24(36)20-18(12-33-13-25(28,29)11-15(33)4-2-3-5-19(34)35)31-22(23-30-8-9-38-23)32-21(20)16-7-6-14(27)10-17(16)26/h2*7-11,16,22H,2-6,12-14H2,1H3,(H,32,33)(H,35,36);6-10,15,21H,2-5,11-13H2,1H3,(H,31,32)(H,34,35)/t2*16-,22-;15-,21-/m000/s1. The number of aromatic nitrogens is 3. The van der Waals surface area contributed by atoms with E-state index in [0.29, 0.717) is 133 Å². The van der Waals surface area contributed by atoms with Gasteiger partial charge in [0.2, 0.25) is 0 Å². The molecule has 6 atom stereocenters. The Kier molecular flexibility index (Phi) is 31.6. The van der Waals surface area contributed by atoms with Crippen molar-refractivity contribution in [2.75, 3.05) is 59.6 Å². The zero-order valence-electron chi connectivity index (χ0n) is 62.7. The Hall–Kier alpha value is -8.50. The Morgan fingerprint density at radius 2 is 0.802 bits per heavy atom. The molecule has 3 saturated heterocycles. The van der Waals surface area contributed by atoms with Gasteiger partial charge in [-0.05, 0) is 99.9 Å². The molecule has 6 N–H and O–H groups in total. The molecular weight excluding hydrogens is 1750 g/mol. The molecule has 116 heavy (non-hydrogen) atoms. The van der Waals surface area contributed by atoms with E-state index in [1.165, 1.54) is 89.7 Å². The summed E-state index contributed by atoms with van der Waals surface area (Å²) in [5, 5.41) is 43.0. The van der Waals surface area contributed by atoms with Crippen LogP contribution in [0.15, 0.2) is 147 Å². The minimum Gasteiger partial charge on any atom is -0.481 e. The van der Waals surface area contributed by atoms with Crippen molar-refractivity contribution in [2.45, 2.75) is 164 Å². The molecule has 24 nitrogen and oxygen atoms in total. The van der Waals surface area contributed by atoms with Crippen LogP contribution in [0.2, 0.25) is 5.02 Å². The number of likely N-dealkylation sites (tertiary alicyclic amines) is 3. The van der Waals surface area contributed by atoms with Gasteiger partial charge in [0.15, 0.2) is 32.5 Å². The van der Waals surface area contributed by atoms with Crippen LogP contribution in [0.3, 0.4) is 0 Å². The first-order valence-corrected chi connectivity index (χ1v) is 41.5. The van der Waals surface area contributed by atoms with Crippen LogP contribution in [0.4, 0.5) is 39.5 Å². The van der Waals surface area contributed by atoms with Gasteiger partial charge in [-0.3, -0.25) is 44.1 Å². The van der Waals surface area contributed by atoms with Crippen LogP contribution < -0.4 is 16.0 Å². The number of ether oxygens (including phenoxy) is 3. The summed E-state index contributed by atoms with van der Waals surface area (Å²) in [5.74, 6) is -14.1. The molecular formula is C77H82Br2ClF9N12O12S3. The number of aliphatic carboxylic acids is 3. The minimum absolute atomic E-state index is 0.0208. The number of aliphatic imine (C=N–C) groups is 3. The molecule has 0 aliphatic carbocycles. The van der Waals surface area contributed by atoms with Gasteiger partial charge in [-0.2, -0.15) is 0 Å². The molecule has 3 aromatic carbocycles. The third-order valence-corrected chi connectivity index (χ3v) is 23.6. The van der Waals surface area contributed by atoms with E-state index in [2.05, 4.69) is 67.8 Å². The third kappa shape index (κ3) is 24.1. The van der Waals surface area contributed by atoms with Crippen molar-refractivity contribution in [3.05, 3.63) is 186 Å². The average Bonchev–Trinajstić information content (AvgIpc) is 1.20. The molecule has 0 unspecified atom stereocenters. The molecule has 6 aliphatic rings. The summed E-state index contributed by atoms with van der Waals surface area (Å²) in [4.78, 5) is 104. The van der Waals surface area contributed by atoms with Crippen molar-refractivity contribution in [3.63, 3.8) is 0 Å². The van der Waals surface area contributed by atoms with Gasteiger partial charge in [-0.1, -0.05) is 80.9 Å². The number of rotatable bonds is 32. The van der Waals surface area contributed by atoms with Crippen LogP contribution in [0, 0.1) is 17.5 Å². The van der Waals surface area contributed by atoms with Crippen LogP contribution in [-0.2, 0) is 43.0 Å². The van der Waals surface area contributed by atoms with E-state index in [1.807, 2.05) is 0 Å². The Labute approximate surface area is 694 Å². The molecule has 12 rings (SSSR count). The van der Waals surface area contributed by atoms with E-state index < -0.39 is 127 Å². The Morgan fingerprint density at radius 3 is 1.09 bits per heavy atom. The number of carbonyl (C=O) groups is 6. The number of carbonyl (C=O) groups excluding carboxylic acids is 3. The lowest BCUT2D eigenvalue weighted by molar-refractivity contribution is -0.139. The number of esters is 3. The second-order valence-corrected chi connectivity index (χ2v) is 32.7. The van der Waals surface area contributed by atoms with Crippen molar-refractivity contribution >= 4 is 131 Å². The smallest absolute Gasteiger partial charge is 0.338 e. The fourth-order valence-electron chi connectivity index (χ4n) is 14.5. The van der Waals surface area contributed by atoms with Gasteiger partial charge in [0, 0.05) is 148 Å². The highest BCUT2D eigenvalue weighted by molar-refractivity contribution is 9.10. The highest BCUT2D eigenvalue weighted by atomic mass is 79.9. The molecule has 0 radical (unpaired) electrons. The summed E-state index contributed by atoms with van der Waals surface area (Å²) in [6, 6.07) is 7.47. The van der Waals surface area contributed by atoms with Crippen LogP contribution in [-0.4, -0.2) is 194 Å². The number of thiazole rings is 3. The third-order valence-electron chi connectivity index (χ3n) is 19.5. The lowest BCUT2D eigenvalue weighted by Gasteiger charge is -2.31. The molecule has 0 spiro atoms. The number of alkyl halides is 6. The minimum atomic E-state index is -2.94. The number of nitrogens with zero attached hydrogens (tertiary/aromatic N) is 9. The van der Waals surface area contributed by atoms with E-state index in [-0.39, 0.29) is 93.1 Å². The number of hydrogen-bond acceptors (Lipinski definition) is 24. The van der Waals surface area contributed by atoms with Crippen LogP contribution in [0.5, 0.6) is 0 Å². The van der Waals surface area contributed by atoms with Crippen LogP contribution >= 0.6 is 77.5 Å². The van der Waals surface area contributed by atoms with Gasteiger partial charge in [0.25, 0.3) is 17.8 Å². The van der Waals surface area contributed by atoms with Crippen molar-refractivity contribution in [1.29, 1.82) is 0 Å². The second kappa shape index (κ2) is 40.8. The van der Waals surface area contributed by atoms with Gasteiger partial charge >= 0.3 is 35.8 Å². The fourth-order valence-corrected chi connectivity index (χ4v) is 17.7. The molecule has 6 aliphatic heterocycles. The summed E-state index contributed by atoms with van der Waals surface area (Å²) < 4.78 is 146. The normalized spacial score (nSPS) is 21.1. The van der Waals surface area contributed by atoms with Gasteiger partial charge in [-0.15, -0.1) is 34.0 Å². The lowest BCUT2D eigenvalue weighted by Crippen LogP contribution is -2.41. The van der Waals surface area contributed by atoms with Crippen molar-refractivity contribution < 1.29 is 97.8 Å². The largest absolute Gasteiger partial charge is 0.481 e. The predicted molar refractivity (Wildman–Crippen MR) is 423 cm³/mol. The first-order chi connectivity index (χ1) is 55.2. The molecule has 0 saturated carbocycles. The SMILES string of the molecule is CCOC(=O)C1=C(CN2CC(F)(F)C[C@@H]2CCCCC(=O)O)NC(c2nccs2)=N[C@H]1c1ccc(F)cc1Br.CCOC(=O)C1=C(CN2CC(F)(F)C[C@@H]2CCCCC(=O)O)NC(c2nccs2)=N[C@H]1c1ccc(F)cc1Cl.COC(=O)C1=C(CN2CC(F)(F)C[C@@H]2CCCCC(=O)O)NC(c2nccs2)=N[C@H]1c1ccc(F)cc1Br. The number of halogens is 12. The Bertz CT molecular complexity index is 4530. The number of hydrogen-bond donors (Lipinski definition) is 6. The van der Waals surface area contributed by atoms with Crippen LogP contribution in [0.25, 0.3) is 0 Å². The van der Waals surface area contributed by atoms with Gasteiger partial charge < -0.3 is 45.5 Å². The van der Waals surface area contributed by atoms with Gasteiger partial charge in [-0.25, -0.2) is 68.8 Å². The number of amidine groups is 3. The fraction of sp³-hybridized carbons (Fsp3) is 0.455. The zero-order chi connectivity index (χ0) is 83.8. The predicted octanol–water partition coefficient (Wildman–Crippen LogP) is 15.4. The van der Waals surface area contributed by atoms with E-state index in [9.17, 15) is 68.3 Å². The van der Waals surface area contributed by atoms with Gasteiger partial charge in [0.1, 0.15) is 35.6 Å². The first-order valence-electron chi connectivity index (χ1n) is 36.9. The molecule has 0 bridgehead atoms.